The van der Waals surface area contributed by atoms with Gasteiger partial charge in [0.15, 0.2) is 18.1 Å². The van der Waals surface area contributed by atoms with Crippen LogP contribution in [0.2, 0.25) is 0 Å². The Balaban J connectivity index is 1.97. The number of benzene rings is 2. The zero-order valence-corrected chi connectivity index (χ0v) is 22.4. The number of rotatable bonds is 8. The number of nitrogens with zero attached hydrogens (tertiary/aromatic N) is 3. The number of ether oxygens (including phenoxy) is 3. The Morgan fingerprint density at radius 1 is 1.14 bits per heavy atom. The number of hydrogen-bond acceptors (Lipinski definition) is 7. The van der Waals surface area contributed by atoms with E-state index in [-0.39, 0.29) is 18.3 Å². The molecule has 0 spiro atoms. The van der Waals surface area contributed by atoms with Crippen molar-refractivity contribution in [2.24, 2.45) is 5.10 Å². The van der Waals surface area contributed by atoms with E-state index in [0.717, 1.165) is 4.47 Å². The molecule has 0 aliphatic rings. The molecule has 0 bridgehead atoms. The van der Waals surface area contributed by atoms with Gasteiger partial charge in [0.25, 0.3) is 5.56 Å². The summed E-state index contributed by atoms with van der Waals surface area (Å²) in [7, 11) is 0. The van der Waals surface area contributed by atoms with Gasteiger partial charge in [-0.3, -0.25) is 4.79 Å². The maximum Gasteiger partial charge on any atom is 0.344 e. The molecule has 1 heterocycles. The highest BCUT2D eigenvalue weighted by Crippen LogP contribution is 2.28. The molecule has 0 N–H and O–H groups in total. The normalized spacial score (nSPS) is 11.9. The van der Waals surface area contributed by atoms with Gasteiger partial charge in [-0.25, -0.2) is 9.78 Å². The molecule has 0 saturated heterocycles. The zero-order chi connectivity index (χ0) is 25.8. The number of aromatic nitrogens is 2. The van der Waals surface area contributed by atoms with E-state index in [1.54, 1.807) is 44.3 Å². The quantitative estimate of drug-likeness (QED) is 0.291. The van der Waals surface area contributed by atoms with Crippen molar-refractivity contribution >= 4 is 39.0 Å². The Kier molecular flexibility index (Phi) is 8.32. The van der Waals surface area contributed by atoms with Crippen molar-refractivity contribution in [1.82, 2.24) is 9.66 Å². The molecule has 0 fully saturated rings. The monoisotopic (exact) mass is 543 g/mol. The van der Waals surface area contributed by atoms with E-state index in [0.29, 0.717) is 40.4 Å². The molecule has 0 aliphatic carbocycles. The minimum Gasteiger partial charge on any atom is -0.490 e. The van der Waals surface area contributed by atoms with Gasteiger partial charge in [-0.05, 0) is 62.7 Å². The van der Waals surface area contributed by atoms with Crippen molar-refractivity contribution in [3.05, 3.63) is 62.6 Å². The van der Waals surface area contributed by atoms with E-state index in [1.807, 2.05) is 39.8 Å². The van der Waals surface area contributed by atoms with Crippen molar-refractivity contribution < 1.29 is 19.0 Å². The van der Waals surface area contributed by atoms with Crippen LogP contribution in [-0.4, -0.2) is 41.2 Å². The fraction of sp³-hybridized carbons (Fsp3) is 0.385. The summed E-state index contributed by atoms with van der Waals surface area (Å²) in [5.41, 5.74) is 0.625. The average molecular weight is 544 g/mol. The highest BCUT2D eigenvalue weighted by Gasteiger charge is 2.23. The SMILES string of the molecule is CCOc1cc(C=Nn2c(C(C)(C)C)nc3ccc(Br)cc3c2=O)ccc1OCC(=O)OC(C)C. The Labute approximate surface area is 213 Å². The fourth-order valence-corrected chi connectivity index (χ4v) is 3.65. The first kappa shape index (κ1) is 26.4. The van der Waals surface area contributed by atoms with Crippen LogP contribution in [0.4, 0.5) is 0 Å². The van der Waals surface area contributed by atoms with Gasteiger partial charge >= 0.3 is 5.97 Å². The molecule has 8 nitrogen and oxygen atoms in total. The Hall–Kier alpha value is -3.20. The van der Waals surface area contributed by atoms with Crippen LogP contribution in [0.5, 0.6) is 11.5 Å². The van der Waals surface area contributed by atoms with Crippen LogP contribution in [-0.2, 0) is 14.9 Å². The van der Waals surface area contributed by atoms with E-state index in [2.05, 4.69) is 21.0 Å². The fourth-order valence-electron chi connectivity index (χ4n) is 3.29. The first-order valence-corrected chi connectivity index (χ1v) is 12.1. The summed E-state index contributed by atoms with van der Waals surface area (Å²) in [6.45, 7) is 11.5. The summed E-state index contributed by atoms with van der Waals surface area (Å²) < 4.78 is 18.5. The molecule has 35 heavy (non-hydrogen) atoms. The average Bonchev–Trinajstić information content (AvgIpc) is 2.77. The lowest BCUT2D eigenvalue weighted by atomic mass is 9.95. The van der Waals surface area contributed by atoms with Gasteiger partial charge in [0.2, 0.25) is 0 Å². The molecule has 0 unspecified atom stereocenters. The molecule has 0 saturated carbocycles. The number of halogens is 1. The number of carbonyl (C=O) groups is 1. The summed E-state index contributed by atoms with van der Waals surface area (Å²) >= 11 is 3.42. The number of carbonyl (C=O) groups excluding carboxylic acids is 1. The highest BCUT2D eigenvalue weighted by molar-refractivity contribution is 9.10. The van der Waals surface area contributed by atoms with Crippen molar-refractivity contribution in [2.45, 2.75) is 53.1 Å². The summed E-state index contributed by atoms with van der Waals surface area (Å²) in [5, 5.41) is 4.96. The third-order valence-corrected chi connectivity index (χ3v) is 5.27. The van der Waals surface area contributed by atoms with Gasteiger partial charge in [0, 0.05) is 9.89 Å². The molecule has 0 aliphatic heterocycles. The molecule has 0 radical (unpaired) electrons. The maximum atomic E-state index is 13.3. The van der Waals surface area contributed by atoms with Crippen LogP contribution in [0.1, 0.15) is 52.9 Å². The summed E-state index contributed by atoms with van der Waals surface area (Å²) in [6, 6.07) is 10.6. The van der Waals surface area contributed by atoms with Crippen molar-refractivity contribution in [3.8, 4) is 11.5 Å². The van der Waals surface area contributed by atoms with Crippen molar-refractivity contribution in [2.75, 3.05) is 13.2 Å². The highest BCUT2D eigenvalue weighted by atomic mass is 79.9. The smallest absolute Gasteiger partial charge is 0.344 e. The molecule has 2 aromatic carbocycles. The van der Waals surface area contributed by atoms with E-state index in [1.165, 1.54) is 4.68 Å². The topological polar surface area (TPSA) is 92.0 Å². The minimum absolute atomic E-state index is 0.219. The van der Waals surface area contributed by atoms with Crippen LogP contribution in [0.25, 0.3) is 10.9 Å². The standard InChI is InChI=1S/C26H30BrN3O5/c1-7-33-22-12-17(8-11-21(22)34-15-23(31)35-16(2)3)14-28-30-24(32)19-13-18(27)9-10-20(19)29-25(30)26(4,5)6/h8-14,16H,7,15H2,1-6H3. The second-order valence-electron chi connectivity index (χ2n) is 9.17. The molecule has 186 valence electrons. The van der Waals surface area contributed by atoms with Crippen LogP contribution in [0.3, 0.4) is 0 Å². The molecule has 3 aromatic rings. The lowest BCUT2D eigenvalue weighted by molar-refractivity contribution is -0.149. The largest absolute Gasteiger partial charge is 0.490 e. The minimum atomic E-state index is -0.461. The number of fused-ring (bicyclic) bond motifs is 1. The van der Waals surface area contributed by atoms with E-state index < -0.39 is 11.4 Å². The third-order valence-electron chi connectivity index (χ3n) is 4.78. The number of hydrogen-bond donors (Lipinski definition) is 0. The second kappa shape index (κ2) is 11.0. The molecular formula is C26H30BrN3O5. The molecule has 0 amide bonds. The van der Waals surface area contributed by atoms with Gasteiger partial charge in [0.05, 0.1) is 29.8 Å². The summed E-state index contributed by atoms with van der Waals surface area (Å²) in [6.07, 6.45) is 1.35. The van der Waals surface area contributed by atoms with Gasteiger partial charge < -0.3 is 14.2 Å². The van der Waals surface area contributed by atoms with Gasteiger partial charge in [-0.15, -0.1) is 0 Å². The van der Waals surface area contributed by atoms with Crippen molar-refractivity contribution in [1.29, 1.82) is 0 Å². The van der Waals surface area contributed by atoms with Crippen LogP contribution in [0, 0.1) is 0 Å². The van der Waals surface area contributed by atoms with Crippen molar-refractivity contribution in [3.63, 3.8) is 0 Å². The van der Waals surface area contributed by atoms with Crippen LogP contribution in [0.15, 0.2) is 50.8 Å². The first-order chi connectivity index (χ1) is 16.5. The molecule has 3 rings (SSSR count). The molecular weight excluding hydrogens is 514 g/mol. The molecule has 1 aromatic heterocycles. The Morgan fingerprint density at radius 2 is 1.89 bits per heavy atom. The maximum absolute atomic E-state index is 13.3. The summed E-state index contributed by atoms with van der Waals surface area (Å²) in [5.74, 6) is 0.951. The van der Waals surface area contributed by atoms with E-state index >= 15 is 0 Å². The van der Waals surface area contributed by atoms with Gasteiger partial charge in [-0.1, -0.05) is 36.7 Å². The Morgan fingerprint density at radius 3 is 2.54 bits per heavy atom. The van der Waals surface area contributed by atoms with Gasteiger partial charge in [-0.2, -0.15) is 9.78 Å². The summed E-state index contributed by atoms with van der Waals surface area (Å²) in [4.78, 5) is 29.9. The predicted molar refractivity (Wildman–Crippen MR) is 140 cm³/mol. The van der Waals surface area contributed by atoms with E-state index in [4.69, 9.17) is 19.2 Å². The second-order valence-corrected chi connectivity index (χ2v) is 10.1. The zero-order valence-electron chi connectivity index (χ0n) is 20.8. The lowest BCUT2D eigenvalue weighted by Crippen LogP contribution is -2.29. The third kappa shape index (κ3) is 6.69. The van der Waals surface area contributed by atoms with E-state index in [9.17, 15) is 9.59 Å². The predicted octanol–water partition coefficient (Wildman–Crippen LogP) is 5.07. The molecule has 9 heteroatoms. The number of esters is 1. The van der Waals surface area contributed by atoms with Crippen LogP contribution >= 0.6 is 15.9 Å². The molecule has 0 atom stereocenters. The van der Waals surface area contributed by atoms with Crippen LogP contribution < -0.4 is 15.0 Å². The first-order valence-electron chi connectivity index (χ1n) is 11.4. The van der Waals surface area contributed by atoms with Gasteiger partial charge in [0.1, 0.15) is 5.82 Å². The Bertz CT molecular complexity index is 1310. The lowest BCUT2D eigenvalue weighted by Gasteiger charge is -2.21.